The van der Waals surface area contributed by atoms with Gasteiger partial charge in [0.25, 0.3) is 0 Å². The van der Waals surface area contributed by atoms with Gasteiger partial charge in [-0.2, -0.15) is 5.10 Å². The van der Waals surface area contributed by atoms with Gasteiger partial charge in [-0.3, -0.25) is 14.4 Å². The van der Waals surface area contributed by atoms with Gasteiger partial charge in [-0.25, -0.2) is 0 Å². The summed E-state index contributed by atoms with van der Waals surface area (Å²) in [5.74, 6) is 0.169. The van der Waals surface area contributed by atoms with Crippen molar-refractivity contribution in [3.05, 3.63) is 18.5 Å². The summed E-state index contributed by atoms with van der Waals surface area (Å²) in [6.45, 7) is 7.48. The minimum Gasteiger partial charge on any atom is -0.377 e. The zero-order valence-electron chi connectivity index (χ0n) is 13.4. The molecule has 0 aliphatic carbocycles. The first kappa shape index (κ1) is 15.5. The molecule has 2 saturated heterocycles. The van der Waals surface area contributed by atoms with Crippen LogP contribution in [0.25, 0.3) is 0 Å². The van der Waals surface area contributed by atoms with E-state index in [-0.39, 0.29) is 11.9 Å². The maximum atomic E-state index is 12.6. The van der Waals surface area contributed by atoms with Crippen LogP contribution in [0.5, 0.6) is 0 Å². The van der Waals surface area contributed by atoms with Crippen molar-refractivity contribution in [2.24, 2.45) is 0 Å². The fourth-order valence-corrected chi connectivity index (χ4v) is 3.34. The van der Waals surface area contributed by atoms with E-state index in [1.165, 1.54) is 12.8 Å². The summed E-state index contributed by atoms with van der Waals surface area (Å²) in [6, 6.07) is 1.63. The number of hydrogen-bond donors (Lipinski definition) is 0. The second-order valence-corrected chi connectivity index (χ2v) is 6.28. The number of nitrogens with zero attached hydrogens (tertiary/aromatic N) is 4. The Labute approximate surface area is 132 Å². The number of hydrogen-bond acceptors (Lipinski definition) is 4. The number of rotatable bonds is 4. The molecule has 0 radical (unpaired) electrons. The SMILES string of the molecule is C[C@@H](C(=O)N1CCCN(C[C@H]2CCCO2)CC1)n1cccn1. The Hall–Kier alpha value is -1.40. The second kappa shape index (κ2) is 7.24. The van der Waals surface area contributed by atoms with Gasteiger partial charge < -0.3 is 9.64 Å². The molecule has 1 aromatic rings. The molecule has 6 heteroatoms. The molecule has 1 amide bonds. The minimum atomic E-state index is -0.222. The predicted molar refractivity (Wildman–Crippen MR) is 83.5 cm³/mol. The van der Waals surface area contributed by atoms with Gasteiger partial charge in [0.1, 0.15) is 6.04 Å². The summed E-state index contributed by atoms with van der Waals surface area (Å²) in [5.41, 5.74) is 0. The van der Waals surface area contributed by atoms with Crippen LogP contribution in [-0.4, -0.2) is 70.9 Å². The van der Waals surface area contributed by atoms with E-state index in [9.17, 15) is 4.79 Å². The number of aromatic nitrogens is 2. The highest BCUT2D eigenvalue weighted by Gasteiger charge is 2.26. The van der Waals surface area contributed by atoms with E-state index in [1.54, 1.807) is 10.9 Å². The van der Waals surface area contributed by atoms with Crippen LogP contribution in [0.2, 0.25) is 0 Å². The van der Waals surface area contributed by atoms with Crippen LogP contribution in [0.4, 0.5) is 0 Å². The van der Waals surface area contributed by atoms with E-state index in [4.69, 9.17) is 4.74 Å². The highest BCUT2D eigenvalue weighted by Crippen LogP contribution is 2.16. The Morgan fingerprint density at radius 1 is 1.32 bits per heavy atom. The van der Waals surface area contributed by atoms with Crippen molar-refractivity contribution in [2.75, 3.05) is 39.3 Å². The lowest BCUT2D eigenvalue weighted by atomic mass is 10.2. The largest absolute Gasteiger partial charge is 0.377 e. The Bertz CT molecular complexity index is 471. The lowest BCUT2D eigenvalue weighted by Gasteiger charge is -2.25. The molecule has 2 aliphatic heterocycles. The first-order chi connectivity index (χ1) is 10.7. The number of carbonyl (C=O) groups is 1. The van der Waals surface area contributed by atoms with Crippen LogP contribution in [-0.2, 0) is 9.53 Å². The summed E-state index contributed by atoms with van der Waals surface area (Å²) < 4.78 is 7.46. The minimum absolute atomic E-state index is 0.169. The first-order valence-electron chi connectivity index (χ1n) is 8.36. The number of carbonyl (C=O) groups excluding carboxylic acids is 1. The second-order valence-electron chi connectivity index (χ2n) is 6.28. The van der Waals surface area contributed by atoms with E-state index >= 15 is 0 Å². The summed E-state index contributed by atoms with van der Waals surface area (Å²) >= 11 is 0. The molecular weight excluding hydrogens is 280 g/mol. The Balaban J connectivity index is 1.52. The molecule has 0 bridgehead atoms. The highest BCUT2D eigenvalue weighted by atomic mass is 16.5. The van der Waals surface area contributed by atoms with Crippen molar-refractivity contribution >= 4 is 5.91 Å². The van der Waals surface area contributed by atoms with Crippen molar-refractivity contribution in [1.82, 2.24) is 19.6 Å². The fraction of sp³-hybridized carbons (Fsp3) is 0.750. The van der Waals surface area contributed by atoms with Crippen LogP contribution in [0.15, 0.2) is 18.5 Å². The molecule has 2 fully saturated rings. The zero-order chi connectivity index (χ0) is 15.4. The predicted octanol–water partition coefficient (Wildman–Crippen LogP) is 1.16. The van der Waals surface area contributed by atoms with E-state index in [2.05, 4.69) is 10.00 Å². The summed E-state index contributed by atoms with van der Waals surface area (Å²) in [7, 11) is 0. The summed E-state index contributed by atoms with van der Waals surface area (Å²) in [6.07, 6.45) is 7.36. The first-order valence-corrected chi connectivity index (χ1v) is 8.36. The van der Waals surface area contributed by atoms with Crippen LogP contribution >= 0.6 is 0 Å². The lowest BCUT2D eigenvalue weighted by molar-refractivity contribution is -0.134. The molecule has 0 aromatic carbocycles. The van der Waals surface area contributed by atoms with E-state index in [0.29, 0.717) is 6.10 Å². The molecule has 0 N–H and O–H groups in total. The van der Waals surface area contributed by atoms with Gasteiger partial charge in [0.15, 0.2) is 0 Å². The molecular formula is C16H26N4O2. The molecule has 6 nitrogen and oxygen atoms in total. The molecule has 3 heterocycles. The van der Waals surface area contributed by atoms with Gasteiger partial charge in [0, 0.05) is 45.2 Å². The molecule has 122 valence electrons. The quantitative estimate of drug-likeness (QED) is 0.837. The molecule has 2 atom stereocenters. The Kier molecular flexibility index (Phi) is 5.10. The Morgan fingerprint density at radius 2 is 2.23 bits per heavy atom. The van der Waals surface area contributed by atoms with Crippen molar-refractivity contribution in [3.63, 3.8) is 0 Å². The third-order valence-corrected chi connectivity index (χ3v) is 4.67. The lowest BCUT2D eigenvalue weighted by Crippen LogP contribution is -2.40. The fourth-order valence-electron chi connectivity index (χ4n) is 3.34. The monoisotopic (exact) mass is 306 g/mol. The average molecular weight is 306 g/mol. The Morgan fingerprint density at radius 3 is 2.95 bits per heavy atom. The van der Waals surface area contributed by atoms with Crippen LogP contribution < -0.4 is 0 Å². The van der Waals surface area contributed by atoms with Gasteiger partial charge in [-0.15, -0.1) is 0 Å². The van der Waals surface area contributed by atoms with Crippen LogP contribution in [0.3, 0.4) is 0 Å². The number of ether oxygens (including phenoxy) is 1. The van der Waals surface area contributed by atoms with Crippen LogP contribution in [0.1, 0.15) is 32.2 Å². The molecule has 2 aliphatic rings. The zero-order valence-corrected chi connectivity index (χ0v) is 13.4. The van der Waals surface area contributed by atoms with Gasteiger partial charge in [-0.1, -0.05) is 0 Å². The number of amides is 1. The average Bonchev–Trinajstić information content (AvgIpc) is 3.18. The smallest absolute Gasteiger partial charge is 0.247 e. The normalized spacial score (nSPS) is 25.1. The van der Waals surface area contributed by atoms with E-state index in [0.717, 1.165) is 45.8 Å². The van der Waals surface area contributed by atoms with Crippen molar-refractivity contribution in [2.45, 2.75) is 38.3 Å². The third kappa shape index (κ3) is 3.67. The van der Waals surface area contributed by atoms with Gasteiger partial charge in [-0.05, 0) is 38.8 Å². The van der Waals surface area contributed by atoms with Gasteiger partial charge in [0.2, 0.25) is 5.91 Å². The molecule has 1 aromatic heterocycles. The van der Waals surface area contributed by atoms with E-state index < -0.39 is 0 Å². The molecule has 0 unspecified atom stereocenters. The van der Waals surface area contributed by atoms with Crippen molar-refractivity contribution in [3.8, 4) is 0 Å². The third-order valence-electron chi connectivity index (χ3n) is 4.67. The summed E-state index contributed by atoms with van der Waals surface area (Å²) in [5, 5.41) is 4.18. The molecule has 0 spiro atoms. The van der Waals surface area contributed by atoms with Gasteiger partial charge in [0.05, 0.1) is 6.10 Å². The van der Waals surface area contributed by atoms with Crippen LogP contribution in [0, 0.1) is 0 Å². The molecule has 0 saturated carbocycles. The summed E-state index contributed by atoms with van der Waals surface area (Å²) in [4.78, 5) is 17.1. The van der Waals surface area contributed by atoms with Crippen molar-refractivity contribution < 1.29 is 9.53 Å². The topological polar surface area (TPSA) is 50.6 Å². The van der Waals surface area contributed by atoms with Gasteiger partial charge >= 0.3 is 0 Å². The standard InChI is InChI=1S/C16H26N4O2/c1-14(20-9-3-6-17-20)16(21)19-8-4-7-18(10-11-19)13-15-5-2-12-22-15/h3,6,9,14-15H,2,4-5,7-8,10-13H2,1H3/t14-,15+/m0/s1. The molecule has 3 rings (SSSR count). The maximum absolute atomic E-state index is 12.6. The maximum Gasteiger partial charge on any atom is 0.247 e. The van der Waals surface area contributed by atoms with E-state index in [1.807, 2.05) is 24.1 Å². The van der Waals surface area contributed by atoms with Crippen molar-refractivity contribution in [1.29, 1.82) is 0 Å². The highest BCUT2D eigenvalue weighted by molar-refractivity contribution is 5.80. The molecule has 22 heavy (non-hydrogen) atoms.